The maximum Gasteiger partial charge on any atom is 0.333 e. The SMILES string of the molecule is C=C(C)C(=O)OC(CNC)CNI. The third-order valence-corrected chi connectivity index (χ3v) is 1.80. The van der Waals surface area contributed by atoms with Gasteiger partial charge in [-0.3, -0.25) is 3.53 Å². The topological polar surface area (TPSA) is 50.4 Å². The van der Waals surface area contributed by atoms with Crippen molar-refractivity contribution in [2.75, 3.05) is 20.1 Å². The molecule has 0 amide bonds. The Morgan fingerprint density at radius 3 is 2.62 bits per heavy atom. The average molecular weight is 298 g/mol. The summed E-state index contributed by atoms with van der Waals surface area (Å²) >= 11 is 2.01. The van der Waals surface area contributed by atoms with E-state index < -0.39 is 0 Å². The van der Waals surface area contributed by atoms with Crippen LogP contribution in [0.25, 0.3) is 0 Å². The van der Waals surface area contributed by atoms with Crippen LogP contribution in [0, 0.1) is 0 Å². The number of ether oxygens (including phenoxy) is 1. The smallest absolute Gasteiger partial charge is 0.333 e. The Morgan fingerprint density at radius 2 is 2.23 bits per heavy atom. The summed E-state index contributed by atoms with van der Waals surface area (Å²) in [5, 5.41) is 2.95. The zero-order valence-corrected chi connectivity index (χ0v) is 10.1. The van der Waals surface area contributed by atoms with E-state index in [1.54, 1.807) is 6.92 Å². The number of carbonyl (C=O) groups is 1. The Bertz CT molecular complexity index is 179. The Morgan fingerprint density at radius 1 is 1.62 bits per heavy atom. The minimum Gasteiger partial charge on any atom is -0.456 e. The van der Waals surface area contributed by atoms with Crippen molar-refractivity contribution in [2.24, 2.45) is 0 Å². The van der Waals surface area contributed by atoms with Gasteiger partial charge in [-0.2, -0.15) is 0 Å². The number of hydrogen-bond donors (Lipinski definition) is 2. The fraction of sp³-hybridized carbons (Fsp3) is 0.625. The molecule has 2 N–H and O–H groups in total. The van der Waals surface area contributed by atoms with E-state index in [4.69, 9.17) is 4.74 Å². The van der Waals surface area contributed by atoms with E-state index in [0.29, 0.717) is 18.7 Å². The van der Waals surface area contributed by atoms with Crippen LogP contribution in [0.4, 0.5) is 0 Å². The molecule has 0 heterocycles. The second-order valence-corrected chi connectivity index (χ2v) is 3.47. The number of nitrogens with one attached hydrogen (secondary N) is 2. The van der Waals surface area contributed by atoms with Gasteiger partial charge in [0.1, 0.15) is 6.10 Å². The molecule has 76 valence electrons. The lowest BCUT2D eigenvalue weighted by Gasteiger charge is -2.16. The summed E-state index contributed by atoms with van der Waals surface area (Å²) in [6.07, 6.45) is -0.147. The molecule has 0 radical (unpaired) electrons. The van der Waals surface area contributed by atoms with Crippen molar-refractivity contribution in [3.8, 4) is 0 Å². The van der Waals surface area contributed by atoms with Gasteiger partial charge in [-0.15, -0.1) is 0 Å². The summed E-state index contributed by atoms with van der Waals surface area (Å²) < 4.78 is 8.04. The Hall–Kier alpha value is -0.140. The summed E-state index contributed by atoms with van der Waals surface area (Å²) in [5.41, 5.74) is 0.426. The van der Waals surface area contributed by atoms with E-state index in [9.17, 15) is 4.79 Å². The second kappa shape index (κ2) is 7.28. The minimum absolute atomic E-state index is 0.147. The lowest BCUT2D eigenvalue weighted by Crippen LogP contribution is -2.35. The van der Waals surface area contributed by atoms with Gasteiger partial charge in [0.05, 0.1) is 0 Å². The number of esters is 1. The zero-order valence-electron chi connectivity index (χ0n) is 7.89. The molecule has 0 bridgehead atoms. The van der Waals surface area contributed by atoms with Gasteiger partial charge in [0.2, 0.25) is 0 Å². The highest BCUT2D eigenvalue weighted by atomic mass is 127. The molecule has 4 nitrogen and oxygen atoms in total. The van der Waals surface area contributed by atoms with Gasteiger partial charge in [0, 0.05) is 41.5 Å². The molecule has 1 atom stereocenters. The molecule has 0 spiro atoms. The summed E-state index contributed by atoms with van der Waals surface area (Å²) in [6, 6.07) is 0. The second-order valence-electron chi connectivity index (χ2n) is 2.70. The first-order valence-corrected chi connectivity index (χ1v) is 5.04. The van der Waals surface area contributed by atoms with Crippen molar-refractivity contribution in [2.45, 2.75) is 13.0 Å². The van der Waals surface area contributed by atoms with Crippen LogP contribution in [-0.2, 0) is 9.53 Å². The number of halogens is 1. The average Bonchev–Trinajstić information content (AvgIpc) is 2.05. The molecular weight excluding hydrogens is 283 g/mol. The van der Waals surface area contributed by atoms with E-state index >= 15 is 0 Å². The van der Waals surface area contributed by atoms with Crippen molar-refractivity contribution in [3.63, 3.8) is 0 Å². The van der Waals surface area contributed by atoms with Crippen LogP contribution in [0.3, 0.4) is 0 Å². The van der Waals surface area contributed by atoms with Crippen molar-refractivity contribution in [1.29, 1.82) is 0 Å². The van der Waals surface area contributed by atoms with Crippen LogP contribution in [0.15, 0.2) is 12.2 Å². The largest absolute Gasteiger partial charge is 0.456 e. The summed E-state index contributed by atoms with van der Waals surface area (Å²) in [4.78, 5) is 11.1. The summed E-state index contributed by atoms with van der Waals surface area (Å²) in [5.74, 6) is -0.341. The van der Waals surface area contributed by atoms with E-state index in [1.165, 1.54) is 0 Å². The third kappa shape index (κ3) is 6.00. The van der Waals surface area contributed by atoms with Crippen molar-refractivity contribution in [3.05, 3.63) is 12.2 Å². The predicted molar refractivity (Wildman–Crippen MR) is 60.6 cm³/mol. The fourth-order valence-electron chi connectivity index (χ4n) is 0.721. The third-order valence-electron chi connectivity index (χ3n) is 1.36. The van der Waals surface area contributed by atoms with E-state index in [0.717, 1.165) is 0 Å². The Balaban J connectivity index is 3.93. The molecule has 5 heteroatoms. The molecule has 1 unspecified atom stereocenters. The van der Waals surface area contributed by atoms with Gasteiger partial charge in [0.15, 0.2) is 0 Å². The first kappa shape index (κ1) is 12.9. The van der Waals surface area contributed by atoms with Crippen molar-refractivity contribution in [1.82, 2.24) is 8.85 Å². The molecule has 0 aliphatic carbocycles. The predicted octanol–water partition coefficient (Wildman–Crippen LogP) is 0.633. The maximum atomic E-state index is 11.1. The quantitative estimate of drug-likeness (QED) is 0.327. The Kier molecular flexibility index (Phi) is 7.20. The van der Waals surface area contributed by atoms with Crippen LogP contribution in [0.1, 0.15) is 6.92 Å². The molecule has 0 aromatic heterocycles. The molecule has 0 aromatic carbocycles. The molecule has 0 aromatic rings. The first-order valence-electron chi connectivity index (χ1n) is 3.96. The minimum atomic E-state index is -0.341. The van der Waals surface area contributed by atoms with Crippen LogP contribution < -0.4 is 8.85 Å². The molecule has 0 saturated heterocycles. The Labute approximate surface area is 92.6 Å². The van der Waals surface area contributed by atoms with Gasteiger partial charge in [-0.1, -0.05) is 6.58 Å². The number of rotatable bonds is 6. The molecule has 0 aliphatic heterocycles. The molecular formula is C8H15IN2O2. The zero-order chi connectivity index (χ0) is 10.3. The summed E-state index contributed by atoms with van der Waals surface area (Å²) in [7, 11) is 1.81. The van der Waals surface area contributed by atoms with E-state index in [2.05, 4.69) is 15.4 Å². The lowest BCUT2D eigenvalue weighted by atomic mass is 10.3. The number of hydrogen-bond acceptors (Lipinski definition) is 4. The molecule has 0 fully saturated rings. The lowest BCUT2D eigenvalue weighted by molar-refractivity contribution is -0.143. The van der Waals surface area contributed by atoms with Crippen molar-refractivity contribution >= 4 is 28.8 Å². The van der Waals surface area contributed by atoms with Crippen LogP contribution in [-0.4, -0.2) is 32.2 Å². The van der Waals surface area contributed by atoms with E-state index in [1.807, 2.05) is 29.9 Å². The molecule has 0 rings (SSSR count). The van der Waals surface area contributed by atoms with Gasteiger partial charge >= 0.3 is 5.97 Å². The normalized spacial score (nSPS) is 12.2. The van der Waals surface area contributed by atoms with Crippen LogP contribution >= 0.6 is 22.9 Å². The van der Waals surface area contributed by atoms with Gasteiger partial charge in [-0.05, 0) is 14.0 Å². The molecule has 13 heavy (non-hydrogen) atoms. The summed E-state index contributed by atoms with van der Waals surface area (Å²) in [6.45, 7) is 6.41. The highest BCUT2D eigenvalue weighted by Gasteiger charge is 2.12. The monoisotopic (exact) mass is 298 g/mol. The fourth-order valence-corrected chi connectivity index (χ4v) is 1.21. The first-order chi connectivity index (χ1) is 6.11. The molecule has 0 saturated carbocycles. The maximum absolute atomic E-state index is 11.1. The molecule has 0 aliphatic rings. The van der Waals surface area contributed by atoms with Gasteiger partial charge in [-0.25, -0.2) is 4.79 Å². The standard InChI is InChI=1S/C8H15IN2O2/c1-6(2)8(12)13-7(4-10-3)5-11-9/h7,10-11H,1,4-5H2,2-3H3. The van der Waals surface area contributed by atoms with Crippen LogP contribution in [0.2, 0.25) is 0 Å². The van der Waals surface area contributed by atoms with Gasteiger partial charge < -0.3 is 10.1 Å². The van der Waals surface area contributed by atoms with E-state index in [-0.39, 0.29) is 12.1 Å². The van der Waals surface area contributed by atoms with Gasteiger partial charge in [0.25, 0.3) is 0 Å². The van der Waals surface area contributed by atoms with Crippen molar-refractivity contribution < 1.29 is 9.53 Å². The van der Waals surface area contributed by atoms with Crippen LogP contribution in [0.5, 0.6) is 0 Å². The highest BCUT2D eigenvalue weighted by Crippen LogP contribution is 1.97. The number of likely N-dealkylation sites (N-methyl/N-ethyl adjacent to an activating group) is 1. The number of carbonyl (C=O) groups excluding carboxylic acids is 1. The highest BCUT2D eigenvalue weighted by molar-refractivity contribution is 14.1.